The SMILES string of the molecule is COc1ccc(CCC(=O)N2CCC(c3ncc[nH]3)CC2)cc1. The fourth-order valence-corrected chi connectivity index (χ4v) is 3.10. The van der Waals surface area contributed by atoms with E-state index in [-0.39, 0.29) is 5.91 Å². The van der Waals surface area contributed by atoms with Crippen molar-refractivity contribution in [2.24, 2.45) is 0 Å². The van der Waals surface area contributed by atoms with Gasteiger partial charge in [-0.15, -0.1) is 0 Å². The van der Waals surface area contributed by atoms with Crippen LogP contribution in [0.5, 0.6) is 5.75 Å². The van der Waals surface area contributed by atoms with E-state index in [1.54, 1.807) is 13.3 Å². The van der Waals surface area contributed by atoms with Crippen molar-refractivity contribution in [3.8, 4) is 5.75 Å². The van der Waals surface area contributed by atoms with Gasteiger partial charge >= 0.3 is 0 Å². The van der Waals surface area contributed by atoms with Crippen LogP contribution in [0, 0.1) is 0 Å². The van der Waals surface area contributed by atoms with Gasteiger partial charge in [-0.1, -0.05) is 12.1 Å². The first-order valence-electron chi connectivity index (χ1n) is 8.16. The molecular formula is C18H23N3O2. The monoisotopic (exact) mass is 313 g/mol. The van der Waals surface area contributed by atoms with E-state index in [9.17, 15) is 4.79 Å². The van der Waals surface area contributed by atoms with Crippen LogP contribution >= 0.6 is 0 Å². The lowest BCUT2D eigenvalue weighted by Crippen LogP contribution is -2.38. The number of aromatic nitrogens is 2. The number of methoxy groups -OCH3 is 1. The third kappa shape index (κ3) is 3.92. The van der Waals surface area contributed by atoms with E-state index >= 15 is 0 Å². The number of aryl methyl sites for hydroxylation is 1. The topological polar surface area (TPSA) is 58.2 Å². The number of aromatic amines is 1. The summed E-state index contributed by atoms with van der Waals surface area (Å²) in [6, 6.07) is 7.92. The molecule has 2 heterocycles. The molecule has 5 heteroatoms. The van der Waals surface area contributed by atoms with E-state index in [2.05, 4.69) is 9.97 Å². The normalized spacial score (nSPS) is 15.6. The summed E-state index contributed by atoms with van der Waals surface area (Å²) >= 11 is 0. The molecule has 3 rings (SSSR count). The van der Waals surface area contributed by atoms with Gasteiger partial charge in [0.05, 0.1) is 7.11 Å². The Bertz CT molecular complexity index is 614. The number of carbonyl (C=O) groups is 1. The van der Waals surface area contributed by atoms with Crippen LogP contribution in [-0.4, -0.2) is 41.0 Å². The molecule has 0 unspecified atom stereocenters. The molecule has 1 saturated heterocycles. The van der Waals surface area contributed by atoms with E-state index < -0.39 is 0 Å². The van der Waals surface area contributed by atoms with E-state index in [1.165, 1.54) is 5.56 Å². The number of piperidine rings is 1. The molecular weight excluding hydrogens is 290 g/mol. The molecule has 0 spiro atoms. The molecule has 1 aliphatic heterocycles. The Hall–Kier alpha value is -2.30. The van der Waals surface area contributed by atoms with Crippen LogP contribution in [0.4, 0.5) is 0 Å². The Morgan fingerprint density at radius 2 is 2.04 bits per heavy atom. The zero-order valence-corrected chi connectivity index (χ0v) is 13.5. The van der Waals surface area contributed by atoms with Gasteiger partial charge in [0, 0.05) is 37.8 Å². The molecule has 1 aromatic heterocycles. The number of likely N-dealkylation sites (tertiary alicyclic amines) is 1. The van der Waals surface area contributed by atoms with Crippen LogP contribution in [0.3, 0.4) is 0 Å². The minimum Gasteiger partial charge on any atom is -0.497 e. The highest BCUT2D eigenvalue weighted by atomic mass is 16.5. The van der Waals surface area contributed by atoms with Crippen LogP contribution in [0.25, 0.3) is 0 Å². The minimum atomic E-state index is 0.249. The van der Waals surface area contributed by atoms with Crippen LogP contribution in [0.2, 0.25) is 0 Å². The van der Waals surface area contributed by atoms with E-state index in [0.29, 0.717) is 12.3 Å². The van der Waals surface area contributed by atoms with Crippen LogP contribution in [0.1, 0.15) is 36.6 Å². The van der Waals surface area contributed by atoms with Gasteiger partial charge in [-0.3, -0.25) is 4.79 Å². The Morgan fingerprint density at radius 1 is 1.30 bits per heavy atom. The molecule has 1 amide bonds. The molecule has 0 saturated carbocycles. The molecule has 2 aromatic rings. The predicted octanol–water partition coefficient (Wildman–Crippen LogP) is 2.76. The zero-order chi connectivity index (χ0) is 16.1. The van der Waals surface area contributed by atoms with Crippen molar-refractivity contribution in [3.63, 3.8) is 0 Å². The molecule has 0 radical (unpaired) electrons. The summed E-state index contributed by atoms with van der Waals surface area (Å²) in [7, 11) is 1.66. The lowest BCUT2D eigenvalue weighted by molar-refractivity contribution is -0.132. The number of ether oxygens (including phenoxy) is 1. The van der Waals surface area contributed by atoms with Gasteiger partial charge in [-0.25, -0.2) is 4.98 Å². The largest absolute Gasteiger partial charge is 0.497 e. The molecule has 1 aromatic carbocycles. The van der Waals surface area contributed by atoms with E-state index in [4.69, 9.17) is 4.74 Å². The van der Waals surface area contributed by atoms with Crippen LogP contribution in [0.15, 0.2) is 36.7 Å². The average Bonchev–Trinajstić information content (AvgIpc) is 3.15. The summed E-state index contributed by atoms with van der Waals surface area (Å²) in [5.74, 6) is 2.60. The quantitative estimate of drug-likeness (QED) is 0.923. The third-order valence-corrected chi connectivity index (χ3v) is 4.54. The summed E-state index contributed by atoms with van der Waals surface area (Å²) in [5.41, 5.74) is 1.17. The molecule has 1 fully saturated rings. The summed E-state index contributed by atoms with van der Waals surface area (Å²) in [6.45, 7) is 1.65. The number of H-pyrrole nitrogens is 1. The zero-order valence-electron chi connectivity index (χ0n) is 13.5. The van der Waals surface area contributed by atoms with Gasteiger partial charge in [0.2, 0.25) is 5.91 Å². The number of amides is 1. The van der Waals surface area contributed by atoms with Crippen molar-refractivity contribution in [3.05, 3.63) is 48.0 Å². The minimum absolute atomic E-state index is 0.249. The summed E-state index contributed by atoms with van der Waals surface area (Å²) < 4.78 is 5.15. The number of hydrogen-bond acceptors (Lipinski definition) is 3. The standard InChI is InChI=1S/C18H23N3O2/c1-23-16-5-2-14(3-6-16)4-7-17(22)21-12-8-15(9-13-21)18-19-10-11-20-18/h2-3,5-6,10-11,15H,4,7-9,12-13H2,1H3,(H,19,20). The smallest absolute Gasteiger partial charge is 0.222 e. The number of carbonyl (C=O) groups excluding carboxylic acids is 1. The number of imidazole rings is 1. The van der Waals surface area contributed by atoms with Crippen molar-refractivity contribution >= 4 is 5.91 Å². The first kappa shape index (κ1) is 15.6. The number of rotatable bonds is 5. The predicted molar refractivity (Wildman–Crippen MR) is 88.5 cm³/mol. The average molecular weight is 313 g/mol. The molecule has 23 heavy (non-hydrogen) atoms. The second-order valence-corrected chi connectivity index (χ2v) is 5.98. The van der Waals surface area contributed by atoms with Gasteiger partial charge in [-0.2, -0.15) is 0 Å². The Labute approximate surface area is 136 Å². The van der Waals surface area contributed by atoms with Gasteiger partial charge < -0.3 is 14.6 Å². The van der Waals surface area contributed by atoms with E-state index in [1.807, 2.05) is 35.4 Å². The van der Waals surface area contributed by atoms with Crippen molar-refractivity contribution < 1.29 is 9.53 Å². The van der Waals surface area contributed by atoms with Crippen molar-refractivity contribution in [1.82, 2.24) is 14.9 Å². The van der Waals surface area contributed by atoms with Crippen molar-refractivity contribution in [1.29, 1.82) is 0 Å². The molecule has 5 nitrogen and oxygen atoms in total. The third-order valence-electron chi connectivity index (χ3n) is 4.54. The first-order valence-corrected chi connectivity index (χ1v) is 8.16. The molecule has 1 aliphatic rings. The highest BCUT2D eigenvalue weighted by Gasteiger charge is 2.24. The van der Waals surface area contributed by atoms with Gasteiger partial charge in [0.15, 0.2) is 0 Å². The fourth-order valence-electron chi connectivity index (χ4n) is 3.10. The molecule has 1 N–H and O–H groups in total. The van der Waals surface area contributed by atoms with Crippen molar-refractivity contribution in [2.45, 2.75) is 31.6 Å². The lowest BCUT2D eigenvalue weighted by Gasteiger charge is -2.31. The highest BCUT2D eigenvalue weighted by Crippen LogP contribution is 2.25. The summed E-state index contributed by atoms with van der Waals surface area (Å²) in [5, 5.41) is 0. The number of hydrogen-bond donors (Lipinski definition) is 1. The maximum absolute atomic E-state index is 12.4. The fraction of sp³-hybridized carbons (Fsp3) is 0.444. The van der Waals surface area contributed by atoms with Gasteiger partial charge in [-0.05, 0) is 37.0 Å². The molecule has 0 atom stereocenters. The van der Waals surface area contributed by atoms with Crippen LogP contribution < -0.4 is 4.74 Å². The second-order valence-electron chi connectivity index (χ2n) is 5.98. The second kappa shape index (κ2) is 7.31. The molecule has 0 bridgehead atoms. The highest BCUT2D eigenvalue weighted by molar-refractivity contribution is 5.76. The van der Waals surface area contributed by atoms with Crippen LogP contribution in [-0.2, 0) is 11.2 Å². The molecule has 122 valence electrons. The number of benzene rings is 1. The van der Waals surface area contributed by atoms with Gasteiger partial charge in [0.25, 0.3) is 0 Å². The van der Waals surface area contributed by atoms with Gasteiger partial charge in [0.1, 0.15) is 11.6 Å². The first-order chi connectivity index (χ1) is 11.3. The molecule has 0 aliphatic carbocycles. The summed E-state index contributed by atoms with van der Waals surface area (Å²) in [4.78, 5) is 21.9. The summed E-state index contributed by atoms with van der Waals surface area (Å²) in [6.07, 6.45) is 6.98. The maximum atomic E-state index is 12.4. The number of nitrogens with zero attached hydrogens (tertiary/aromatic N) is 2. The Balaban J connectivity index is 1.45. The number of nitrogens with one attached hydrogen (secondary N) is 1. The Morgan fingerprint density at radius 3 is 2.65 bits per heavy atom. The van der Waals surface area contributed by atoms with Crippen molar-refractivity contribution in [2.75, 3.05) is 20.2 Å². The maximum Gasteiger partial charge on any atom is 0.222 e. The lowest BCUT2D eigenvalue weighted by atomic mass is 9.95. The Kier molecular flexibility index (Phi) is 4.95. The van der Waals surface area contributed by atoms with E-state index in [0.717, 1.165) is 43.9 Å².